The molecule has 4 aliphatic heterocycles. The summed E-state index contributed by atoms with van der Waals surface area (Å²) in [6.07, 6.45) is -33.9. The molecule has 0 aromatic heterocycles. The van der Waals surface area contributed by atoms with Crippen LogP contribution in [0.5, 0.6) is 0 Å². The van der Waals surface area contributed by atoms with Gasteiger partial charge in [-0.2, -0.15) is 0 Å². The molecule has 4 fully saturated rings. The lowest BCUT2D eigenvalue weighted by molar-refractivity contribution is -0.381. The molecule has 0 spiro atoms. The number of aliphatic hydroxyl groups is 12. The highest BCUT2D eigenvalue weighted by atomic mass is 16.8. The lowest BCUT2D eigenvalue weighted by atomic mass is 9.88. The SMILES string of the molecule is CC(=O)N[C@@H]1[C@@H](O)[C@@H](O)[C@@H](CO[C@@H]2O[C@H](CO)[C@@H](O)[C@H](O[C@@H]3O[C@H](CO)[C@H](O)[C@H](O[C@]4(C(=O)O)C[C@H](O)[C@@H](NC(C)=O)[C@H]([C@H](O)[C@H](O)CO)O4)[C@H]3O)[C@H]2NC(C)=O)O[C@H]1O. The van der Waals surface area contributed by atoms with Crippen molar-refractivity contribution in [3.8, 4) is 0 Å². The van der Waals surface area contributed by atoms with Crippen LogP contribution in [0.2, 0.25) is 0 Å². The van der Waals surface area contributed by atoms with Gasteiger partial charge in [0.25, 0.3) is 5.79 Å². The molecule has 16 N–H and O–H groups in total. The van der Waals surface area contributed by atoms with Crippen molar-refractivity contribution in [1.29, 1.82) is 0 Å². The molecule has 0 saturated carbocycles. The number of hydrogen-bond acceptors (Lipinski definition) is 23. The van der Waals surface area contributed by atoms with Gasteiger partial charge in [0.2, 0.25) is 17.7 Å². The van der Waals surface area contributed by atoms with Gasteiger partial charge in [-0.3, -0.25) is 14.4 Å². The van der Waals surface area contributed by atoms with Gasteiger partial charge in [0.05, 0.1) is 38.6 Å². The minimum absolute atomic E-state index is 0.662. The van der Waals surface area contributed by atoms with Crippen molar-refractivity contribution in [3.05, 3.63) is 0 Å². The summed E-state index contributed by atoms with van der Waals surface area (Å²) in [5, 5.41) is 145. The third-order valence-corrected chi connectivity index (χ3v) is 10.4. The number of carboxylic acids is 1. The van der Waals surface area contributed by atoms with E-state index in [1.165, 1.54) is 0 Å². The van der Waals surface area contributed by atoms with Crippen LogP contribution in [0, 0.1) is 0 Å². The third kappa shape index (κ3) is 11.0. The van der Waals surface area contributed by atoms with Gasteiger partial charge in [-0.05, 0) is 0 Å². The second-order valence-corrected chi connectivity index (χ2v) is 14.8. The Morgan fingerprint density at radius 2 is 1.22 bits per heavy atom. The number of carbonyl (C=O) groups excluding carboxylic acids is 3. The third-order valence-electron chi connectivity index (χ3n) is 10.4. The number of amides is 3. The lowest BCUT2D eigenvalue weighted by Gasteiger charge is -2.51. The first-order chi connectivity index (χ1) is 28.1. The molecule has 0 aliphatic carbocycles. The van der Waals surface area contributed by atoms with Gasteiger partial charge in [0, 0.05) is 27.2 Å². The fraction of sp³-hybridized carbons (Fsp3) is 0.879. The van der Waals surface area contributed by atoms with Gasteiger partial charge in [0.15, 0.2) is 18.9 Å². The number of aliphatic hydroxyl groups excluding tert-OH is 12. The molecule has 0 radical (unpaired) electrons. The fourth-order valence-corrected chi connectivity index (χ4v) is 7.35. The molecule has 4 heterocycles. The molecule has 4 saturated heterocycles. The van der Waals surface area contributed by atoms with E-state index in [0.717, 1.165) is 20.8 Å². The maximum Gasteiger partial charge on any atom is 0.364 e. The molecular formula is C33H55N3O24. The predicted molar refractivity (Wildman–Crippen MR) is 186 cm³/mol. The van der Waals surface area contributed by atoms with Crippen LogP contribution in [0.4, 0.5) is 0 Å². The number of ether oxygens (including phenoxy) is 7. The van der Waals surface area contributed by atoms with Crippen molar-refractivity contribution in [1.82, 2.24) is 16.0 Å². The zero-order chi connectivity index (χ0) is 45.0. The normalized spacial score (nSPS) is 43.3. The number of nitrogens with one attached hydrogen (secondary N) is 3. The van der Waals surface area contributed by atoms with E-state index in [9.17, 15) is 85.6 Å². The molecule has 0 bridgehead atoms. The van der Waals surface area contributed by atoms with E-state index in [-0.39, 0.29) is 0 Å². The van der Waals surface area contributed by atoms with Crippen LogP contribution in [-0.4, -0.2) is 245 Å². The van der Waals surface area contributed by atoms with Crippen LogP contribution in [0.25, 0.3) is 0 Å². The first-order valence-corrected chi connectivity index (χ1v) is 18.7. The summed E-state index contributed by atoms with van der Waals surface area (Å²) < 4.78 is 39.4. The number of carboxylic acid groups (broad SMARTS) is 1. The average Bonchev–Trinajstić information content (AvgIpc) is 3.18. The molecule has 0 aromatic rings. The Balaban J connectivity index is 1.63. The molecule has 27 heteroatoms. The molecule has 0 unspecified atom stereocenters. The smallest absolute Gasteiger partial charge is 0.364 e. The Labute approximate surface area is 340 Å². The number of hydrogen-bond donors (Lipinski definition) is 16. The molecule has 4 aliphatic rings. The number of rotatable bonds is 16. The monoisotopic (exact) mass is 877 g/mol. The Morgan fingerprint density at radius 1 is 0.683 bits per heavy atom. The highest BCUT2D eigenvalue weighted by molar-refractivity contribution is 5.77. The fourth-order valence-electron chi connectivity index (χ4n) is 7.35. The summed E-state index contributed by atoms with van der Waals surface area (Å²) in [6, 6.07) is -4.69. The van der Waals surface area contributed by atoms with Gasteiger partial charge in [-0.15, -0.1) is 0 Å². The van der Waals surface area contributed by atoms with E-state index in [4.69, 9.17) is 33.2 Å². The molecule has 0 aromatic carbocycles. The average molecular weight is 878 g/mol. The highest BCUT2D eigenvalue weighted by Crippen LogP contribution is 2.38. The Hall–Kier alpha value is -2.88. The van der Waals surface area contributed by atoms with Gasteiger partial charge in [-0.25, -0.2) is 4.79 Å². The standard InChI is InChI=1S/C33H55N3O24/c1-9(40)34-17-12(43)4-33(32(52)53,59-27(17)20(45)13(44)5-37)60-28-23(48)15(7-39)57-31(25(28)50)58-26-19(36-11(3)42)30(56-14(6-38)22(26)47)54-8-16-21(46)24(49)18(29(51)55-16)35-10(2)41/h12-31,37-39,43-51H,4-8H2,1-3H3,(H,34,40)(H,35,41)(H,36,42)(H,52,53)/t12-,13+,14+,15+,16+,17+,18+,19+,20+,21-,22+,23-,24+,25+,26+,27+,28-,29+,30+,31-,33-/m0/s1. The summed E-state index contributed by atoms with van der Waals surface area (Å²) in [5.74, 6) is -7.41. The maximum atomic E-state index is 12.9. The van der Waals surface area contributed by atoms with E-state index in [2.05, 4.69) is 16.0 Å². The second kappa shape index (κ2) is 21.0. The van der Waals surface area contributed by atoms with E-state index in [0.29, 0.717) is 0 Å². The molecular weight excluding hydrogens is 822 g/mol. The van der Waals surface area contributed by atoms with Crippen molar-refractivity contribution in [2.24, 2.45) is 0 Å². The van der Waals surface area contributed by atoms with Crippen molar-refractivity contribution < 1.29 is 119 Å². The first-order valence-electron chi connectivity index (χ1n) is 18.7. The van der Waals surface area contributed by atoms with Crippen LogP contribution in [0.1, 0.15) is 27.2 Å². The van der Waals surface area contributed by atoms with E-state index in [1.807, 2.05) is 0 Å². The van der Waals surface area contributed by atoms with Gasteiger partial charge >= 0.3 is 5.97 Å². The first kappa shape index (κ1) is 49.8. The number of carbonyl (C=O) groups is 4. The van der Waals surface area contributed by atoms with Crippen molar-refractivity contribution in [2.45, 2.75) is 155 Å². The summed E-state index contributed by atoms with van der Waals surface area (Å²) in [6.45, 7) is -0.693. The molecule has 60 heavy (non-hydrogen) atoms. The van der Waals surface area contributed by atoms with E-state index in [1.54, 1.807) is 0 Å². The Morgan fingerprint density at radius 3 is 1.75 bits per heavy atom. The van der Waals surface area contributed by atoms with E-state index >= 15 is 0 Å². The summed E-state index contributed by atoms with van der Waals surface area (Å²) >= 11 is 0. The van der Waals surface area contributed by atoms with Gasteiger partial charge < -0.3 is 115 Å². The largest absolute Gasteiger partial charge is 0.477 e. The predicted octanol–water partition coefficient (Wildman–Crippen LogP) is -10.1. The van der Waals surface area contributed by atoms with Crippen LogP contribution in [0.3, 0.4) is 0 Å². The van der Waals surface area contributed by atoms with Gasteiger partial charge in [0.1, 0.15) is 91.4 Å². The highest BCUT2D eigenvalue weighted by Gasteiger charge is 2.60. The minimum Gasteiger partial charge on any atom is -0.477 e. The van der Waals surface area contributed by atoms with Crippen molar-refractivity contribution in [2.75, 3.05) is 26.4 Å². The van der Waals surface area contributed by atoms with Crippen LogP contribution >= 0.6 is 0 Å². The van der Waals surface area contributed by atoms with Crippen LogP contribution < -0.4 is 16.0 Å². The Bertz CT molecular complexity index is 1470. The zero-order valence-electron chi connectivity index (χ0n) is 32.4. The zero-order valence-corrected chi connectivity index (χ0v) is 32.4. The maximum absolute atomic E-state index is 12.9. The lowest BCUT2D eigenvalue weighted by Crippen LogP contribution is -2.71. The van der Waals surface area contributed by atoms with Crippen LogP contribution in [0.15, 0.2) is 0 Å². The Kier molecular flexibility index (Phi) is 17.4. The molecule has 346 valence electrons. The molecule has 21 atom stereocenters. The van der Waals surface area contributed by atoms with Crippen molar-refractivity contribution in [3.63, 3.8) is 0 Å². The van der Waals surface area contributed by atoms with E-state index < -0.39 is 185 Å². The second-order valence-electron chi connectivity index (χ2n) is 14.8. The summed E-state index contributed by atoms with van der Waals surface area (Å²) in [5.41, 5.74) is 0. The number of aliphatic carboxylic acids is 1. The summed E-state index contributed by atoms with van der Waals surface area (Å²) in [7, 11) is 0. The van der Waals surface area contributed by atoms with Crippen molar-refractivity contribution >= 4 is 23.7 Å². The molecule has 4 rings (SSSR count). The van der Waals surface area contributed by atoms with Gasteiger partial charge in [-0.1, -0.05) is 0 Å². The quantitative estimate of drug-likeness (QED) is 0.0684. The van der Waals surface area contributed by atoms with Crippen LogP contribution in [-0.2, 0) is 52.3 Å². The minimum atomic E-state index is -3.13. The topological polar surface area (TPSA) is 432 Å². The molecule has 3 amide bonds. The molecule has 27 nitrogen and oxygen atoms in total. The summed E-state index contributed by atoms with van der Waals surface area (Å²) in [4.78, 5) is 48.8.